The Morgan fingerprint density at radius 2 is 1.90 bits per heavy atom. The highest BCUT2D eigenvalue weighted by Gasteiger charge is 2.49. The highest BCUT2D eigenvalue weighted by atomic mass is 16.2. The van der Waals surface area contributed by atoms with Crippen molar-refractivity contribution in [1.29, 1.82) is 0 Å². The van der Waals surface area contributed by atoms with Crippen LogP contribution in [0.4, 0.5) is 5.69 Å². The second-order valence-electron chi connectivity index (χ2n) is 5.33. The Labute approximate surface area is 118 Å². The molecule has 0 radical (unpaired) electrons. The Kier molecular flexibility index (Phi) is 3.05. The molecule has 2 aliphatic rings. The third kappa shape index (κ3) is 1.82. The number of carbonyl (C=O) groups excluding carboxylic acids is 2. The van der Waals surface area contributed by atoms with E-state index in [2.05, 4.69) is 13.5 Å². The van der Waals surface area contributed by atoms with Crippen molar-refractivity contribution in [3.63, 3.8) is 0 Å². The maximum atomic E-state index is 12.5. The quantitative estimate of drug-likeness (QED) is 0.773. The standard InChI is InChI=1S/C17H17NO2/c1-3-12-7-9-13(10-8-12)18-16(19)14-6-4-5-11(2)15(14)17(18)20/h4-5,7-10,14-15H,2-3,6H2,1H3. The molecule has 20 heavy (non-hydrogen) atoms. The van der Waals surface area contributed by atoms with Gasteiger partial charge in [0.1, 0.15) is 0 Å². The summed E-state index contributed by atoms with van der Waals surface area (Å²) in [5.74, 6) is -0.891. The monoisotopic (exact) mass is 267 g/mol. The van der Waals surface area contributed by atoms with E-state index in [1.54, 1.807) is 0 Å². The van der Waals surface area contributed by atoms with Gasteiger partial charge in [0.05, 0.1) is 17.5 Å². The van der Waals surface area contributed by atoms with Crippen LogP contribution in [0.25, 0.3) is 0 Å². The molecule has 0 spiro atoms. The summed E-state index contributed by atoms with van der Waals surface area (Å²) in [4.78, 5) is 26.3. The molecule has 1 saturated heterocycles. The molecule has 1 fully saturated rings. The molecule has 0 aromatic heterocycles. The number of imide groups is 1. The van der Waals surface area contributed by atoms with Crippen molar-refractivity contribution in [2.45, 2.75) is 19.8 Å². The van der Waals surface area contributed by atoms with Crippen molar-refractivity contribution in [1.82, 2.24) is 0 Å². The third-order valence-corrected chi connectivity index (χ3v) is 4.15. The molecule has 1 aromatic rings. The van der Waals surface area contributed by atoms with E-state index < -0.39 is 0 Å². The minimum atomic E-state index is -0.377. The Morgan fingerprint density at radius 3 is 2.50 bits per heavy atom. The summed E-state index contributed by atoms with van der Waals surface area (Å²) in [6, 6.07) is 7.63. The third-order valence-electron chi connectivity index (χ3n) is 4.15. The maximum Gasteiger partial charge on any atom is 0.242 e. The summed E-state index contributed by atoms with van der Waals surface area (Å²) in [7, 11) is 0. The smallest absolute Gasteiger partial charge is 0.242 e. The zero-order valence-electron chi connectivity index (χ0n) is 11.5. The van der Waals surface area contributed by atoms with Gasteiger partial charge >= 0.3 is 0 Å². The van der Waals surface area contributed by atoms with Crippen LogP contribution in [0.3, 0.4) is 0 Å². The Bertz CT molecular complexity index is 612. The number of carbonyl (C=O) groups is 2. The Morgan fingerprint density at radius 1 is 1.20 bits per heavy atom. The Balaban J connectivity index is 1.96. The lowest BCUT2D eigenvalue weighted by Crippen LogP contribution is -2.30. The molecule has 1 aromatic carbocycles. The van der Waals surface area contributed by atoms with E-state index in [4.69, 9.17) is 0 Å². The number of hydrogen-bond acceptors (Lipinski definition) is 2. The first kappa shape index (κ1) is 12.9. The molecule has 2 amide bonds. The molecule has 2 atom stereocenters. The topological polar surface area (TPSA) is 37.4 Å². The van der Waals surface area contributed by atoms with Crippen molar-refractivity contribution in [2.75, 3.05) is 4.90 Å². The molecule has 1 aliphatic heterocycles. The molecule has 0 bridgehead atoms. The summed E-state index contributed by atoms with van der Waals surface area (Å²) >= 11 is 0. The fourth-order valence-corrected chi connectivity index (χ4v) is 2.99. The second-order valence-corrected chi connectivity index (χ2v) is 5.33. The molecule has 3 nitrogen and oxygen atoms in total. The predicted octanol–water partition coefficient (Wildman–Crippen LogP) is 2.87. The van der Waals surface area contributed by atoms with Gasteiger partial charge in [0.2, 0.25) is 11.8 Å². The van der Waals surface area contributed by atoms with Gasteiger partial charge in [0, 0.05) is 0 Å². The number of hydrogen-bond donors (Lipinski definition) is 0. The summed E-state index contributed by atoms with van der Waals surface area (Å²) in [6.45, 7) is 5.99. The van der Waals surface area contributed by atoms with Crippen LogP contribution in [0, 0.1) is 11.8 Å². The normalized spacial score (nSPS) is 25.2. The van der Waals surface area contributed by atoms with Crippen molar-refractivity contribution in [3.8, 4) is 0 Å². The van der Waals surface area contributed by atoms with Crippen molar-refractivity contribution in [3.05, 3.63) is 54.1 Å². The lowest BCUT2D eigenvalue weighted by atomic mass is 9.82. The van der Waals surface area contributed by atoms with Crippen molar-refractivity contribution in [2.24, 2.45) is 11.8 Å². The van der Waals surface area contributed by atoms with Crippen molar-refractivity contribution < 1.29 is 9.59 Å². The summed E-state index contributed by atoms with van der Waals surface area (Å²) in [6.07, 6.45) is 5.35. The molecule has 3 heteroatoms. The van der Waals surface area contributed by atoms with Crippen LogP contribution in [0.5, 0.6) is 0 Å². The van der Waals surface area contributed by atoms with Crippen LogP contribution >= 0.6 is 0 Å². The minimum Gasteiger partial charge on any atom is -0.274 e. The van der Waals surface area contributed by atoms with Crippen LogP contribution in [-0.2, 0) is 16.0 Å². The first-order chi connectivity index (χ1) is 9.63. The summed E-state index contributed by atoms with van der Waals surface area (Å²) < 4.78 is 0. The highest BCUT2D eigenvalue weighted by molar-refractivity contribution is 6.23. The lowest BCUT2D eigenvalue weighted by molar-refractivity contribution is -0.122. The van der Waals surface area contributed by atoms with E-state index in [0.29, 0.717) is 12.1 Å². The molecular formula is C17H17NO2. The zero-order chi connectivity index (χ0) is 14.3. The van der Waals surface area contributed by atoms with Gasteiger partial charge in [-0.25, -0.2) is 4.90 Å². The number of nitrogens with zero attached hydrogens (tertiary/aromatic N) is 1. The number of fused-ring (bicyclic) bond motifs is 1. The number of allylic oxidation sites excluding steroid dienone is 2. The number of benzene rings is 1. The van der Waals surface area contributed by atoms with E-state index in [0.717, 1.165) is 12.0 Å². The van der Waals surface area contributed by atoms with Crippen LogP contribution in [0.2, 0.25) is 0 Å². The second kappa shape index (κ2) is 4.75. The molecule has 0 saturated carbocycles. The Hall–Kier alpha value is -2.16. The van der Waals surface area contributed by atoms with Gasteiger partial charge in [-0.2, -0.15) is 0 Å². The van der Waals surface area contributed by atoms with Gasteiger partial charge < -0.3 is 0 Å². The van der Waals surface area contributed by atoms with Crippen LogP contribution in [-0.4, -0.2) is 11.8 Å². The SMILES string of the molecule is C=C1C=CCC2C(=O)N(c3ccc(CC)cc3)C(=O)C12. The van der Waals surface area contributed by atoms with Gasteiger partial charge in [-0.15, -0.1) is 0 Å². The number of aryl methyl sites for hydroxylation is 1. The highest BCUT2D eigenvalue weighted by Crippen LogP contribution is 2.39. The largest absolute Gasteiger partial charge is 0.274 e. The first-order valence-corrected chi connectivity index (χ1v) is 6.95. The molecule has 0 N–H and O–H groups in total. The fourth-order valence-electron chi connectivity index (χ4n) is 2.99. The van der Waals surface area contributed by atoms with E-state index in [-0.39, 0.29) is 23.7 Å². The van der Waals surface area contributed by atoms with E-state index >= 15 is 0 Å². The average molecular weight is 267 g/mol. The number of amides is 2. The fraction of sp³-hybridized carbons (Fsp3) is 0.294. The van der Waals surface area contributed by atoms with Gasteiger partial charge in [-0.1, -0.05) is 37.8 Å². The zero-order valence-corrected chi connectivity index (χ0v) is 11.5. The van der Waals surface area contributed by atoms with Gasteiger partial charge in [0.15, 0.2) is 0 Å². The maximum absolute atomic E-state index is 12.5. The van der Waals surface area contributed by atoms with Crippen LogP contribution < -0.4 is 4.90 Å². The lowest BCUT2D eigenvalue weighted by Gasteiger charge is -2.17. The predicted molar refractivity (Wildman–Crippen MR) is 78.2 cm³/mol. The molecular weight excluding hydrogens is 250 g/mol. The van der Waals surface area contributed by atoms with Gasteiger partial charge in [0.25, 0.3) is 0 Å². The van der Waals surface area contributed by atoms with Gasteiger partial charge in [-0.05, 0) is 36.1 Å². The van der Waals surface area contributed by atoms with E-state index in [9.17, 15) is 9.59 Å². The molecule has 102 valence electrons. The summed E-state index contributed by atoms with van der Waals surface area (Å²) in [5.41, 5.74) is 2.60. The number of anilines is 1. The van der Waals surface area contributed by atoms with E-state index in [1.165, 1.54) is 10.5 Å². The summed E-state index contributed by atoms with van der Waals surface area (Å²) in [5, 5.41) is 0. The molecule has 1 aliphatic carbocycles. The molecule has 2 unspecified atom stereocenters. The van der Waals surface area contributed by atoms with E-state index in [1.807, 2.05) is 36.4 Å². The molecule has 3 rings (SSSR count). The van der Waals surface area contributed by atoms with Crippen molar-refractivity contribution >= 4 is 17.5 Å². The first-order valence-electron chi connectivity index (χ1n) is 6.95. The number of rotatable bonds is 2. The van der Waals surface area contributed by atoms with Crippen LogP contribution in [0.1, 0.15) is 18.9 Å². The van der Waals surface area contributed by atoms with Gasteiger partial charge in [-0.3, -0.25) is 9.59 Å². The van der Waals surface area contributed by atoms with Crippen LogP contribution in [0.15, 0.2) is 48.6 Å². The minimum absolute atomic E-state index is 0.102. The average Bonchev–Trinajstić information content (AvgIpc) is 2.72. The molecule has 1 heterocycles.